The standard InChI is InChI=1S/C18H28N4O2/c23-18(17-13-22(20-19-17)15-5-2-1-3-6-15)21(11-14-8-9-14)12-16-7-4-10-24-16/h13-16H,1-12H2. The van der Waals surface area contributed by atoms with Gasteiger partial charge >= 0.3 is 0 Å². The Morgan fingerprint density at radius 1 is 1.12 bits per heavy atom. The molecule has 2 saturated carbocycles. The Morgan fingerprint density at radius 3 is 2.67 bits per heavy atom. The largest absolute Gasteiger partial charge is 0.376 e. The number of hydrogen-bond donors (Lipinski definition) is 0. The van der Waals surface area contributed by atoms with E-state index in [9.17, 15) is 4.79 Å². The smallest absolute Gasteiger partial charge is 0.276 e. The average Bonchev–Trinajstić information content (AvgIpc) is 3.09. The zero-order valence-corrected chi connectivity index (χ0v) is 14.4. The molecular weight excluding hydrogens is 304 g/mol. The molecular formula is C18H28N4O2. The first-order valence-corrected chi connectivity index (χ1v) is 9.62. The average molecular weight is 332 g/mol. The van der Waals surface area contributed by atoms with Gasteiger partial charge in [0.15, 0.2) is 5.69 Å². The van der Waals surface area contributed by atoms with Gasteiger partial charge in [-0.3, -0.25) is 4.79 Å². The Bertz CT molecular complexity index is 557. The molecule has 132 valence electrons. The minimum atomic E-state index is 0.0273. The van der Waals surface area contributed by atoms with Gasteiger partial charge in [0.25, 0.3) is 5.91 Å². The van der Waals surface area contributed by atoms with Crippen LogP contribution >= 0.6 is 0 Å². The Kier molecular flexibility index (Phi) is 4.83. The second-order valence-corrected chi connectivity index (χ2v) is 7.66. The molecule has 1 aliphatic heterocycles. The first-order chi connectivity index (χ1) is 11.8. The van der Waals surface area contributed by atoms with Crippen LogP contribution in [0.1, 0.15) is 74.3 Å². The maximum absolute atomic E-state index is 12.9. The van der Waals surface area contributed by atoms with E-state index in [4.69, 9.17) is 4.74 Å². The first kappa shape index (κ1) is 16.1. The second kappa shape index (κ2) is 7.21. The van der Waals surface area contributed by atoms with Crippen molar-refractivity contribution in [3.8, 4) is 0 Å². The van der Waals surface area contributed by atoms with Gasteiger partial charge < -0.3 is 9.64 Å². The molecule has 2 aliphatic carbocycles. The summed E-state index contributed by atoms with van der Waals surface area (Å²) in [5.41, 5.74) is 0.499. The quantitative estimate of drug-likeness (QED) is 0.804. The monoisotopic (exact) mass is 332 g/mol. The summed E-state index contributed by atoms with van der Waals surface area (Å²) in [5, 5.41) is 8.45. The Balaban J connectivity index is 1.43. The van der Waals surface area contributed by atoms with Crippen molar-refractivity contribution in [2.45, 2.75) is 69.9 Å². The molecule has 1 aromatic rings. The lowest BCUT2D eigenvalue weighted by Gasteiger charge is -2.24. The third-order valence-corrected chi connectivity index (χ3v) is 5.59. The molecule has 2 heterocycles. The van der Waals surface area contributed by atoms with E-state index in [1.165, 1.54) is 32.1 Å². The number of carbonyl (C=O) groups excluding carboxylic acids is 1. The van der Waals surface area contributed by atoms with Crippen molar-refractivity contribution >= 4 is 5.91 Å². The third kappa shape index (κ3) is 3.79. The predicted octanol–water partition coefficient (Wildman–Crippen LogP) is 2.81. The number of carbonyl (C=O) groups is 1. The van der Waals surface area contributed by atoms with Crippen LogP contribution in [0.15, 0.2) is 6.20 Å². The number of nitrogens with zero attached hydrogens (tertiary/aromatic N) is 4. The molecule has 1 amide bonds. The van der Waals surface area contributed by atoms with Gasteiger partial charge in [0.05, 0.1) is 18.3 Å². The maximum Gasteiger partial charge on any atom is 0.276 e. The van der Waals surface area contributed by atoms with E-state index >= 15 is 0 Å². The van der Waals surface area contributed by atoms with E-state index in [0.717, 1.165) is 38.8 Å². The van der Waals surface area contributed by atoms with Crippen molar-refractivity contribution in [1.29, 1.82) is 0 Å². The van der Waals surface area contributed by atoms with Gasteiger partial charge in [-0.1, -0.05) is 24.5 Å². The minimum Gasteiger partial charge on any atom is -0.376 e. The van der Waals surface area contributed by atoms with Crippen LogP contribution in [0.25, 0.3) is 0 Å². The van der Waals surface area contributed by atoms with Crippen molar-refractivity contribution in [3.05, 3.63) is 11.9 Å². The second-order valence-electron chi connectivity index (χ2n) is 7.66. The van der Waals surface area contributed by atoms with Crippen LogP contribution < -0.4 is 0 Å². The predicted molar refractivity (Wildman–Crippen MR) is 89.7 cm³/mol. The summed E-state index contributed by atoms with van der Waals surface area (Å²) in [6.45, 7) is 2.37. The Labute approximate surface area is 143 Å². The van der Waals surface area contributed by atoms with E-state index < -0.39 is 0 Å². The summed E-state index contributed by atoms with van der Waals surface area (Å²) in [6.07, 6.45) is 12.8. The summed E-state index contributed by atoms with van der Waals surface area (Å²) >= 11 is 0. The summed E-state index contributed by atoms with van der Waals surface area (Å²) in [4.78, 5) is 14.9. The van der Waals surface area contributed by atoms with Gasteiger partial charge in [-0.25, -0.2) is 4.68 Å². The van der Waals surface area contributed by atoms with Crippen molar-refractivity contribution in [1.82, 2.24) is 19.9 Å². The van der Waals surface area contributed by atoms with Gasteiger partial charge in [0.1, 0.15) is 0 Å². The Hall–Kier alpha value is -1.43. The van der Waals surface area contributed by atoms with Crippen LogP contribution in [0.3, 0.4) is 0 Å². The summed E-state index contributed by atoms with van der Waals surface area (Å²) < 4.78 is 7.66. The molecule has 1 saturated heterocycles. The lowest BCUT2D eigenvalue weighted by atomic mass is 9.96. The number of amides is 1. The van der Waals surface area contributed by atoms with Crippen molar-refractivity contribution in [3.63, 3.8) is 0 Å². The maximum atomic E-state index is 12.9. The lowest BCUT2D eigenvalue weighted by Crippen LogP contribution is -2.39. The number of ether oxygens (including phenoxy) is 1. The van der Waals surface area contributed by atoms with Crippen molar-refractivity contribution in [2.75, 3.05) is 19.7 Å². The molecule has 1 aromatic heterocycles. The molecule has 1 unspecified atom stereocenters. The van der Waals surface area contributed by atoms with Gasteiger partial charge in [-0.05, 0) is 44.4 Å². The highest BCUT2D eigenvalue weighted by atomic mass is 16.5. The zero-order chi connectivity index (χ0) is 16.4. The molecule has 6 heteroatoms. The fourth-order valence-corrected chi connectivity index (χ4v) is 3.95. The normalized spacial score (nSPS) is 25.1. The number of rotatable bonds is 6. The van der Waals surface area contributed by atoms with E-state index in [2.05, 4.69) is 10.3 Å². The van der Waals surface area contributed by atoms with Crippen LogP contribution in [0, 0.1) is 5.92 Å². The summed E-state index contributed by atoms with van der Waals surface area (Å²) in [7, 11) is 0. The van der Waals surface area contributed by atoms with Crippen LogP contribution in [0.4, 0.5) is 0 Å². The van der Waals surface area contributed by atoms with Gasteiger partial charge in [0.2, 0.25) is 0 Å². The van der Waals surface area contributed by atoms with Crippen LogP contribution in [0.5, 0.6) is 0 Å². The van der Waals surface area contributed by atoms with E-state index in [-0.39, 0.29) is 12.0 Å². The summed E-state index contributed by atoms with van der Waals surface area (Å²) in [6, 6.07) is 0.419. The molecule has 0 radical (unpaired) electrons. The fraction of sp³-hybridized carbons (Fsp3) is 0.833. The topological polar surface area (TPSA) is 60.2 Å². The first-order valence-electron chi connectivity index (χ1n) is 9.62. The molecule has 4 rings (SSSR count). The van der Waals surface area contributed by atoms with Gasteiger partial charge in [-0.15, -0.1) is 5.10 Å². The van der Waals surface area contributed by atoms with Crippen molar-refractivity contribution in [2.24, 2.45) is 5.92 Å². The van der Waals surface area contributed by atoms with Gasteiger partial charge in [0, 0.05) is 19.7 Å². The highest BCUT2D eigenvalue weighted by Gasteiger charge is 2.31. The molecule has 0 spiro atoms. The number of hydrogen-bond acceptors (Lipinski definition) is 4. The van der Waals surface area contributed by atoms with Crippen LogP contribution in [-0.2, 0) is 4.74 Å². The highest BCUT2D eigenvalue weighted by Crippen LogP contribution is 2.31. The van der Waals surface area contributed by atoms with E-state index in [0.29, 0.717) is 24.2 Å². The molecule has 24 heavy (non-hydrogen) atoms. The molecule has 3 fully saturated rings. The minimum absolute atomic E-state index is 0.0273. The molecule has 6 nitrogen and oxygen atoms in total. The number of aromatic nitrogens is 3. The highest BCUT2D eigenvalue weighted by molar-refractivity contribution is 5.92. The Morgan fingerprint density at radius 2 is 1.96 bits per heavy atom. The fourth-order valence-electron chi connectivity index (χ4n) is 3.95. The SMILES string of the molecule is O=C(c1cn(C2CCCCC2)nn1)N(CC1CC1)CC1CCCO1. The van der Waals surface area contributed by atoms with Crippen LogP contribution in [-0.4, -0.2) is 51.6 Å². The summed E-state index contributed by atoms with van der Waals surface area (Å²) in [5.74, 6) is 0.697. The molecule has 0 aromatic carbocycles. The zero-order valence-electron chi connectivity index (χ0n) is 14.4. The van der Waals surface area contributed by atoms with Gasteiger partial charge in [-0.2, -0.15) is 0 Å². The third-order valence-electron chi connectivity index (χ3n) is 5.59. The molecule has 3 aliphatic rings. The lowest BCUT2D eigenvalue weighted by molar-refractivity contribution is 0.0510. The molecule has 1 atom stereocenters. The molecule has 0 bridgehead atoms. The van der Waals surface area contributed by atoms with E-state index in [1.54, 1.807) is 0 Å². The van der Waals surface area contributed by atoms with Crippen molar-refractivity contribution < 1.29 is 9.53 Å². The molecule has 0 N–H and O–H groups in total. The van der Waals surface area contributed by atoms with E-state index in [1.807, 2.05) is 15.8 Å². The van der Waals surface area contributed by atoms with Crippen LogP contribution in [0.2, 0.25) is 0 Å².